The van der Waals surface area contributed by atoms with E-state index in [4.69, 9.17) is 10.8 Å². The van der Waals surface area contributed by atoms with E-state index >= 15 is 0 Å². The molecule has 0 bridgehead atoms. The molecule has 0 saturated heterocycles. The summed E-state index contributed by atoms with van der Waals surface area (Å²) >= 11 is 0. The molecular formula is C19H31NO. The number of aliphatic hydroxyl groups is 1. The summed E-state index contributed by atoms with van der Waals surface area (Å²) in [5.74, 6) is 1.64. The van der Waals surface area contributed by atoms with Crippen molar-refractivity contribution >= 4 is 0 Å². The number of hydrogen-bond donors (Lipinski definition) is 2. The number of hydrogen-bond acceptors (Lipinski definition) is 2. The van der Waals surface area contributed by atoms with Gasteiger partial charge in [0.05, 0.1) is 0 Å². The van der Waals surface area contributed by atoms with Gasteiger partial charge in [0.25, 0.3) is 0 Å². The molecule has 2 heteroatoms. The molecule has 2 nitrogen and oxygen atoms in total. The van der Waals surface area contributed by atoms with Crippen molar-refractivity contribution in [3.63, 3.8) is 0 Å². The van der Waals surface area contributed by atoms with Crippen LogP contribution in [-0.4, -0.2) is 18.3 Å². The first-order chi connectivity index (χ1) is 10.3. The summed E-state index contributed by atoms with van der Waals surface area (Å²) in [6.45, 7) is 1.20. The fourth-order valence-electron chi connectivity index (χ4n) is 3.46. The zero-order valence-electron chi connectivity index (χ0n) is 13.3. The van der Waals surface area contributed by atoms with E-state index in [9.17, 15) is 0 Å². The fourth-order valence-corrected chi connectivity index (χ4v) is 3.46. The molecule has 0 amide bonds. The second-order valence-electron chi connectivity index (χ2n) is 6.68. The second kappa shape index (κ2) is 9.22. The lowest BCUT2D eigenvalue weighted by molar-refractivity contribution is 0.278. The van der Waals surface area contributed by atoms with Crippen molar-refractivity contribution in [1.29, 1.82) is 0 Å². The maximum atomic E-state index is 8.78. The summed E-state index contributed by atoms with van der Waals surface area (Å²) < 4.78 is 0. The van der Waals surface area contributed by atoms with Crippen molar-refractivity contribution in [2.24, 2.45) is 17.6 Å². The Morgan fingerprint density at radius 2 is 1.48 bits per heavy atom. The van der Waals surface area contributed by atoms with E-state index < -0.39 is 0 Å². The Kier molecular flexibility index (Phi) is 7.25. The zero-order valence-corrected chi connectivity index (χ0v) is 13.3. The van der Waals surface area contributed by atoms with Gasteiger partial charge in [-0.05, 0) is 80.9 Å². The van der Waals surface area contributed by atoms with E-state index in [2.05, 4.69) is 24.3 Å². The quantitative estimate of drug-likeness (QED) is 0.717. The van der Waals surface area contributed by atoms with Crippen LogP contribution in [0.3, 0.4) is 0 Å². The average molecular weight is 289 g/mol. The summed E-state index contributed by atoms with van der Waals surface area (Å²) in [5.41, 5.74) is 8.69. The number of benzene rings is 1. The highest BCUT2D eigenvalue weighted by Gasteiger charge is 2.20. The first-order valence-electron chi connectivity index (χ1n) is 8.70. The van der Waals surface area contributed by atoms with Gasteiger partial charge in [-0.2, -0.15) is 0 Å². The molecule has 118 valence electrons. The third-order valence-electron chi connectivity index (χ3n) is 4.97. The summed E-state index contributed by atoms with van der Waals surface area (Å²) in [4.78, 5) is 0. The van der Waals surface area contributed by atoms with Crippen LogP contribution in [0.2, 0.25) is 0 Å². The number of aliphatic hydroxyl groups excluding tert-OH is 1. The molecule has 0 atom stereocenters. The van der Waals surface area contributed by atoms with Crippen molar-refractivity contribution in [2.75, 3.05) is 13.2 Å². The van der Waals surface area contributed by atoms with Crippen molar-refractivity contribution in [2.45, 2.75) is 57.8 Å². The molecule has 1 aliphatic rings. The van der Waals surface area contributed by atoms with E-state index in [0.717, 1.165) is 37.6 Å². The average Bonchev–Trinajstić information content (AvgIpc) is 2.54. The van der Waals surface area contributed by atoms with Crippen LogP contribution in [0.15, 0.2) is 24.3 Å². The third-order valence-corrected chi connectivity index (χ3v) is 4.97. The SMILES string of the molecule is NCC1CCC(Cc2ccc(CCCCCO)cc2)CC1. The van der Waals surface area contributed by atoms with Gasteiger partial charge in [0, 0.05) is 6.61 Å². The van der Waals surface area contributed by atoms with Crippen LogP contribution in [0.1, 0.15) is 56.1 Å². The number of nitrogens with two attached hydrogens (primary N) is 1. The minimum Gasteiger partial charge on any atom is -0.396 e. The van der Waals surface area contributed by atoms with Crippen LogP contribution < -0.4 is 5.73 Å². The van der Waals surface area contributed by atoms with Crippen molar-refractivity contribution in [3.8, 4) is 0 Å². The molecule has 2 rings (SSSR count). The highest BCUT2D eigenvalue weighted by atomic mass is 16.2. The van der Waals surface area contributed by atoms with E-state index in [-0.39, 0.29) is 0 Å². The van der Waals surface area contributed by atoms with Gasteiger partial charge in [0.1, 0.15) is 0 Å². The van der Waals surface area contributed by atoms with Gasteiger partial charge in [0.15, 0.2) is 0 Å². The molecule has 1 saturated carbocycles. The number of unbranched alkanes of at least 4 members (excludes halogenated alkanes) is 2. The highest BCUT2D eigenvalue weighted by molar-refractivity contribution is 5.23. The summed E-state index contributed by atoms with van der Waals surface area (Å²) in [6, 6.07) is 9.21. The van der Waals surface area contributed by atoms with Crippen LogP contribution in [0.4, 0.5) is 0 Å². The van der Waals surface area contributed by atoms with Gasteiger partial charge in [-0.1, -0.05) is 30.7 Å². The molecule has 21 heavy (non-hydrogen) atoms. The molecule has 1 aromatic carbocycles. The maximum absolute atomic E-state index is 8.78. The predicted molar refractivity (Wildman–Crippen MR) is 89.3 cm³/mol. The molecule has 1 aromatic rings. The van der Waals surface area contributed by atoms with Gasteiger partial charge in [-0.25, -0.2) is 0 Å². The lowest BCUT2D eigenvalue weighted by Gasteiger charge is -2.27. The van der Waals surface area contributed by atoms with Gasteiger partial charge < -0.3 is 10.8 Å². The normalized spacial score (nSPS) is 22.4. The molecule has 0 aromatic heterocycles. The molecule has 0 heterocycles. The smallest absolute Gasteiger partial charge is 0.0431 e. The molecule has 0 spiro atoms. The predicted octanol–water partition coefficient (Wildman–Crippen LogP) is 3.70. The Bertz CT molecular complexity index is 379. The molecule has 1 aliphatic carbocycles. The Balaban J connectivity index is 1.72. The van der Waals surface area contributed by atoms with Crippen LogP contribution in [0, 0.1) is 11.8 Å². The number of rotatable bonds is 8. The lowest BCUT2D eigenvalue weighted by Crippen LogP contribution is -2.22. The van der Waals surface area contributed by atoms with E-state index in [1.807, 2.05) is 0 Å². The first-order valence-corrected chi connectivity index (χ1v) is 8.70. The molecule has 0 aliphatic heterocycles. The van der Waals surface area contributed by atoms with Gasteiger partial charge in [-0.15, -0.1) is 0 Å². The van der Waals surface area contributed by atoms with E-state index in [1.165, 1.54) is 49.7 Å². The Labute approximate surface area is 129 Å². The van der Waals surface area contributed by atoms with E-state index in [0.29, 0.717) is 6.61 Å². The minimum absolute atomic E-state index is 0.325. The van der Waals surface area contributed by atoms with Crippen LogP contribution in [0.5, 0.6) is 0 Å². The maximum Gasteiger partial charge on any atom is 0.0431 e. The topological polar surface area (TPSA) is 46.2 Å². The lowest BCUT2D eigenvalue weighted by atomic mass is 9.79. The van der Waals surface area contributed by atoms with Crippen LogP contribution in [-0.2, 0) is 12.8 Å². The van der Waals surface area contributed by atoms with Gasteiger partial charge >= 0.3 is 0 Å². The largest absolute Gasteiger partial charge is 0.396 e. The highest BCUT2D eigenvalue weighted by Crippen LogP contribution is 2.30. The van der Waals surface area contributed by atoms with Crippen LogP contribution in [0.25, 0.3) is 0 Å². The standard InChI is InChI=1S/C19H31NO/c20-15-19-11-9-18(10-12-19)14-17-7-5-16(6-8-17)4-2-1-3-13-21/h5-8,18-19,21H,1-4,9-15,20H2. The van der Waals surface area contributed by atoms with Crippen molar-refractivity contribution < 1.29 is 5.11 Å². The summed E-state index contributed by atoms with van der Waals surface area (Å²) in [6.07, 6.45) is 11.0. The third kappa shape index (κ3) is 5.80. The van der Waals surface area contributed by atoms with Crippen molar-refractivity contribution in [3.05, 3.63) is 35.4 Å². The summed E-state index contributed by atoms with van der Waals surface area (Å²) in [5, 5.41) is 8.78. The Morgan fingerprint density at radius 1 is 0.857 bits per heavy atom. The molecular weight excluding hydrogens is 258 g/mol. The summed E-state index contributed by atoms with van der Waals surface area (Å²) in [7, 11) is 0. The van der Waals surface area contributed by atoms with Gasteiger partial charge in [-0.3, -0.25) is 0 Å². The molecule has 0 unspecified atom stereocenters. The fraction of sp³-hybridized carbons (Fsp3) is 0.684. The molecule has 3 N–H and O–H groups in total. The monoisotopic (exact) mass is 289 g/mol. The number of aryl methyl sites for hydroxylation is 1. The Morgan fingerprint density at radius 3 is 2.10 bits per heavy atom. The van der Waals surface area contributed by atoms with E-state index in [1.54, 1.807) is 0 Å². The zero-order chi connectivity index (χ0) is 14.9. The van der Waals surface area contributed by atoms with Crippen LogP contribution >= 0.6 is 0 Å². The second-order valence-corrected chi connectivity index (χ2v) is 6.68. The van der Waals surface area contributed by atoms with Crippen molar-refractivity contribution in [1.82, 2.24) is 0 Å². The Hall–Kier alpha value is -0.860. The minimum atomic E-state index is 0.325. The molecule has 0 radical (unpaired) electrons. The molecule has 1 fully saturated rings. The first kappa shape index (κ1) is 16.5. The van der Waals surface area contributed by atoms with Gasteiger partial charge in [0.2, 0.25) is 0 Å².